The zero-order chi connectivity index (χ0) is 26.9. The van der Waals surface area contributed by atoms with E-state index >= 15 is 0 Å². The van der Waals surface area contributed by atoms with Crippen LogP contribution in [0.25, 0.3) is 11.3 Å². The summed E-state index contributed by atoms with van der Waals surface area (Å²) in [5, 5.41) is 7.07. The third-order valence-electron chi connectivity index (χ3n) is 6.90. The summed E-state index contributed by atoms with van der Waals surface area (Å²) in [5.41, 5.74) is 8.18. The third-order valence-corrected chi connectivity index (χ3v) is 8.24. The number of hydrogen-bond donors (Lipinski definition) is 0. The SMILES string of the molecule is Cc1cccc(N=c2scc(-c3ccc(Br)cc3)n2/N=C2/C(=O)N(Cc3ccccc3)c3ccccc32)c1C. The first-order chi connectivity index (χ1) is 19.0. The lowest BCUT2D eigenvalue weighted by Crippen LogP contribution is -2.30. The molecule has 1 aromatic heterocycles. The molecule has 0 atom stereocenters. The number of aryl methyl sites for hydroxylation is 1. The summed E-state index contributed by atoms with van der Waals surface area (Å²) in [6.45, 7) is 4.63. The number of benzene rings is 4. The molecular formula is C32H25BrN4OS. The molecule has 0 aliphatic carbocycles. The smallest absolute Gasteiger partial charge is 0.279 e. The lowest BCUT2D eigenvalue weighted by Gasteiger charge is -2.16. The molecule has 0 fully saturated rings. The second-order valence-corrected chi connectivity index (χ2v) is 11.1. The number of aromatic nitrogens is 1. The Kier molecular flexibility index (Phi) is 6.85. The van der Waals surface area contributed by atoms with Crippen LogP contribution < -0.4 is 9.70 Å². The number of hydrogen-bond acceptors (Lipinski definition) is 4. The van der Waals surface area contributed by atoms with Gasteiger partial charge in [0.05, 0.1) is 23.6 Å². The Labute approximate surface area is 239 Å². The molecule has 5 aromatic rings. The number of fused-ring (bicyclic) bond motifs is 1. The van der Waals surface area contributed by atoms with E-state index in [1.54, 1.807) is 4.90 Å². The normalized spacial score (nSPS) is 14.3. The van der Waals surface area contributed by atoms with Crippen molar-refractivity contribution in [1.29, 1.82) is 0 Å². The van der Waals surface area contributed by atoms with Gasteiger partial charge in [-0.15, -0.1) is 11.3 Å². The molecule has 6 rings (SSSR count). The second kappa shape index (κ2) is 10.6. The average Bonchev–Trinajstić information content (AvgIpc) is 3.46. The maximum Gasteiger partial charge on any atom is 0.279 e. The van der Waals surface area contributed by atoms with Gasteiger partial charge in [-0.05, 0) is 54.8 Å². The Morgan fingerprint density at radius 2 is 1.59 bits per heavy atom. The minimum atomic E-state index is -0.127. The molecular weight excluding hydrogens is 568 g/mol. The van der Waals surface area contributed by atoms with E-state index in [4.69, 9.17) is 10.1 Å². The van der Waals surface area contributed by atoms with Gasteiger partial charge in [0.1, 0.15) is 0 Å². The minimum Gasteiger partial charge on any atom is -0.302 e. The fourth-order valence-electron chi connectivity index (χ4n) is 4.63. The lowest BCUT2D eigenvalue weighted by atomic mass is 10.1. The highest BCUT2D eigenvalue weighted by Gasteiger charge is 2.34. The summed E-state index contributed by atoms with van der Waals surface area (Å²) < 4.78 is 2.81. The van der Waals surface area contributed by atoms with Crippen LogP contribution in [-0.2, 0) is 11.3 Å². The van der Waals surface area contributed by atoms with Crippen LogP contribution >= 0.6 is 27.3 Å². The summed E-state index contributed by atoms with van der Waals surface area (Å²) in [7, 11) is 0. The average molecular weight is 594 g/mol. The van der Waals surface area contributed by atoms with Crippen LogP contribution in [0, 0.1) is 13.8 Å². The molecule has 5 nitrogen and oxygen atoms in total. The largest absolute Gasteiger partial charge is 0.302 e. The van der Waals surface area contributed by atoms with Crippen molar-refractivity contribution in [2.75, 3.05) is 4.90 Å². The molecule has 1 amide bonds. The van der Waals surface area contributed by atoms with Crippen LogP contribution in [0.2, 0.25) is 0 Å². The number of anilines is 1. The number of para-hydroxylation sites is 1. The zero-order valence-electron chi connectivity index (χ0n) is 21.5. The monoisotopic (exact) mass is 592 g/mol. The molecule has 0 N–H and O–H groups in total. The van der Waals surface area contributed by atoms with Crippen LogP contribution in [0.5, 0.6) is 0 Å². The number of nitrogens with zero attached hydrogens (tertiary/aromatic N) is 4. The molecule has 4 aromatic carbocycles. The van der Waals surface area contributed by atoms with Gasteiger partial charge in [0.25, 0.3) is 5.91 Å². The van der Waals surface area contributed by atoms with Gasteiger partial charge in [0.2, 0.25) is 4.80 Å². The van der Waals surface area contributed by atoms with E-state index < -0.39 is 0 Å². The van der Waals surface area contributed by atoms with E-state index in [1.165, 1.54) is 16.9 Å². The van der Waals surface area contributed by atoms with Crippen molar-refractivity contribution in [3.8, 4) is 11.3 Å². The molecule has 1 aliphatic heterocycles. The van der Waals surface area contributed by atoms with Crippen molar-refractivity contribution in [2.45, 2.75) is 20.4 Å². The van der Waals surface area contributed by atoms with Crippen molar-refractivity contribution in [3.63, 3.8) is 0 Å². The lowest BCUT2D eigenvalue weighted by molar-refractivity contribution is -0.112. The van der Waals surface area contributed by atoms with Crippen LogP contribution in [0.15, 0.2) is 117 Å². The molecule has 2 heterocycles. The minimum absolute atomic E-state index is 0.127. The molecule has 39 heavy (non-hydrogen) atoms. The van der Waals surface area contributed by atoms with Gasteiger partial charge in [0, 0.05) is 21.0 Å². The van der Waals surface area contributed by atoms with Gasteiger partial charge in [-0.2, -0.15) is 5.10 Å². The molecule has 0 saturated heterocycles. The molecule has 0 spiro atoms. The Hall–Kier alpha value is -4.07. The van der Waals surface area contributed by atoms with Crippen molar-refractivity contribution in [3.05, 3.63) is 134 Å². The van der Waals surface area contributed by atoms with Gasteiger partial charge in [-0.3, -0.25) is 4.79 Å². The Morgan fingerprint density at radius 1 is 0.846 bits per heavy atom. The van der Waals surface area contributed by atoms with E-state index in [-0.39, 0.29) is 5.91 Å². The predicted octanol–water partition coefficient (Wildman–Crippen LogP) is 7.63. The molecule has 1 aliphatic rings. The number of halogens is 1. The first-order valence-electron chi connectivity index (χ1n) is 12.6. The van der Waals surface area contributed by atoms with Crippen molar-refractivity contribution in [1.82, 2.24) is 4.68 Å². The summed E-state index contributed by atoms with van der Waals surface area (Å²) in [4.78, 5) is 21.4. The van der Waals surface area contributed by atoms with E-state index in [1.807, 2.05) is 101 Å². The summed E-state index contributed by atoms with van der Waals surface area (Å²) in [6, 6.07) is 32.1. The molecule has 7 heteroatoms. The standard InChI is InChI=1S/C32H25BrN4OS/c1-21-9-8-13-27(22(21)2)34-32-37(29(20-39-32)24-15-17-25(33)18-16-24)35-30-26-12-6-7-14-28(26)36(31(30)38)19-23-10-4-3-5-11-23/h3-18,20H,19H2,1-2H3/b34-32?,35-30+. The Balaban J connectivity index is 1.53. The van der Waals surface area contributed by atoms with Crippen LogP contribution in [0.4, 0.5) is 11.4 Å². The summed E-state index contributed by atoms with van der Waals surface area (Å²) >= 11 is 5.04. The predicted molar refractivity (Wildman–Crippen MR) is 163 cm³/mol. The van der Waals surface area contributed by atoms with Crippen LogP contribution in [0.3, 0.4) is 0 Å². The van der Waals surface area contributed by atoms with Gasteiger partial charge < -0.3 is 4.90 Å². The molecule has 192 valence electrons. The van der Waals surface area contributed by atoms with E-state index in [0.717, 1.165) is 43.8 Å². The quantitative estimate of drug-likeness (QED) is 0.207. The number of carbonyl (C=O) groups excluding carboxylic acids is 1. The topological polar surface area (TPSA) is 50.0 Å². The van der Waals surface area contributed by atoms with E-state index in [0.29, 0.717) is 17.1 Å². The fraction of sp³-hybridized carbons (Fsp3) is 0.0938. The van der Waals surface area contributed by atoms with Gasteiger partial charge in [-0.25, -0.2) is 9.67 Å². The number of thiazole rings is 1. The third kappa shape index (κ3) is 4.91. The van der Waals surface area contributed by atoms with Crippen molar-refractivity contribution >= 4 is 50.3 Å². The highest BCUT2D eigenvalue weighted by Crippen LogP contribution is 2.32. The van der Waals surface area contributed by atoms with E-state index in [2.05, 4.69) is 35.8 Å². The maximum absolute atomic E-state index is 13.9. The van der Waals surface area contributed by atoms with Gasteiger partial charge in [0.15, 0.2) is 5.71 Å². The van der Waals surface area contributed by atoms with Crippen molar-refractivity contribution < 1.29 is 4.79 Å². The second-order valence-electron chi connectivity index (χ2n) is 9.40. The number of amides is 1. The fourth-order valence-corrected chi connectivity index (χ4v) is 5.74. The van der Waals surface area contributed by atoms with Crippen molar-refractivity contribution in [2.24, 2.45) is 10.1 Å². The Bertz CT molecular complexity index is 1790. The molecule has 0 unspecified atom stereocenters. The molecule has 0 bridgehead atoms. The molecule has 0 saturated carbocycles. The first kappa shape index (κ1) is 25.2. The van der Waals surface area contributed by atoms with Gasteiger partial charge >= 0.3 is 0 Å². The zero-order valence-corrected chi connectivity index (χ0v) is 23.9. The Morgan fingerprint density at radius 3 is 2.38 bits per heavy atom. The maximum atomic E-state index is 13.9. The van der Waals surface area contributed by atoms with Gasteiger partial charge in [-0.1, -0.05) is 88.7 Å². The summed E-state index contributed by atoms with van der Waals surface area (Å²) in [6.07, 6.45) is 0. The highest BCUT2D eigenvalue weighted by molar-refractivity contribution is 9.10. The molecule has 0 radical (unpaired) electrons. The first-order valence-corrected chi connectivity index (χ1v) is 14.3. The highest BCUT2D eigenvalue weighted by atomic mass is 79.9. The van der Waals surface area contributed by atoms with Crippen LogP contribution in [0.1, 0.15) is 22.3 Å². The van der Waals surface area contributed by atoms with Crippen LogP contribution in [-0.4, -0.2) is 16.3 Å². The number of carbonyl (C=O) groups is 1. The summed E-state index contributed by atoms with van der Waals surface area (Å²) in [5.74, 6) is -0.127. The number of rotatable bonds is 5. The van der Waals surface area contributed by atoms with E-state index in [9.17, 15) is 4.79 Å².